The van der Waals surface area contributed by atoms with Crippen LogP contribution in [0, 0.1) is 5.92 Å². The molecule has 0 radical (unpaired) electrons. The monoisotopic (exact) mass is 314 g/mol. The Morgan fingerprint density at radius 2 is 2.06 bits per heavy atom. The van der Waals surface area contributed by atoms with Crippen molar-refractivity contribution in [3.8, 4) is 5.75 Å². The van der Waals surface area contributed by atoms with Gasteiger partial charge in [-0.1, -0.05) is 22.9 Å². The van der Waals surface area contributed by atoms with Crippen LogP contribution in [0.4, 0.5) is 0 Å². The van der Waals surface area contributed by atoms with Gasteiger partial charge in [-0.05, 0) is 24.3 Å². The van der Waals surface area contributed by atoms with Gasteiger partial charge < -0.3 is 15.4 Å². The summed E-state index contributed by atoms with van der Waals surface area (Å²) < 4.78 is 6.56. The van der Waals surface area contributed by atoms with Crippen LogP contribution in [0.1, 0.15) is 6.92 Å². The number of halogens is 1. The van der Waals surface area contributed by atoms with Crippen LogP contribution < -0.4 is 10.5 Å². The topological polar surface area (TPSA) is 55.6 Å². The zero-order valence-corrected chi connectivity index (χ0v) is 12.3. The summed E-state index contributed by atoms with van der Waals surface area (Å²) >= 11 is 3.36. The van der Waals surface area contributed by atoms with Crippen LogP contribution in [0.5, 0.6) is 5.75 Å². The minimum Gasteiger partial charge on any atom is -0.492 e. The number of amides is 1. The fourth-order valence-electron chi connectivity index (χ4n) is 1.42. The normalized spacial score (nSPS) is 12.0. The Labute approximate surface area is 116 Å². The molecule has 1 rings (SSSR count). The van der Waals surface area contributed by atoms with Gasteiger partial charge in [0.15, 0.2) is 0 Å². The number of hydrogen-bond donors (Lipinski definition) is 1. The van der Waals surface area contributed by atoms with Crippen LogP contribution in [0.3, 0.4) is 0 Å². The van der Waals surface area contributed by atoms with Gasteiger partial charge in [-0.2, -0.15) is 0 Å². The standard InChI is InChI=1S/C13H19BrN2O2/c1-10(9-15)13(17)16(2)7-8-18-12-5-3-11(14)4-6-12/h3-6,10H,7-9,15H2,1-2H3. The van der Waals surface area contributed by atoms with Gasteiger partial charge in [0.05, 0.1) is 6.54 Å². The summed E-state index contributed by atoms with van der Waals surface area (Å²) in [4.78, 5) is 13.4. The molecule has 1 aromatic rings. The van der Waals surface area contributed by atoms with Crippen molar-refractivity contribution in [2.45, 2.75) is 6.92 Å². The molecule has 18 heavy (non-hydrogen) atoms. The minimum atomic E-state index is -0.136. The second kappa shape index (κ2) is 7.38. The Balaban J connectivity index is 2.33. The van der Waals surface area contributed by atoms with Crippen LogP contribution in [-0.2, 0) is 4.79 Å². The molecule has 0 aliphatic carbocycles. The van der Waals surface area contributed by atoms with Crippen LogP contribution in [0.2, 0.25) is 0 Å². The second-order valence-electron chi connectivity index (χ2n) is 4.20. The third-order valence-electron chi connectivity index (χ3n) is 2.66. The van der Waals surface area contributed by atoms with E-state index in [1.807, 2.05) is 31.2 Å². The molecular formula is C13H19BrN2O2. The SMILES string of the molecule is CC(CN)C(=O)N(C)CCOc1ccc(Br)cc1. The third-order valence-corrected chi connectivity index (χ3v) is 3.19. The van der Waals surface area contributed by atoms with Gasteiger partial charge in [0.2, 0.25) is 5.91 Å². The number of likely N-dealkylation sites (N-methyl/N-ethyl adjacent to an activating group) is 1. The number of rotatable bonds is 6. The maximum atomic E-state index is 11.7. The van der Waals surface area contributed by atoms with Gasteiger partial charge in [0.25, 0.3) is 0 Å². The molecule has 0 saturated heterocycles. The van der Waals surface area contributed by atoms with Crippen LogP contribution in [0.15, 0.2) is 28.7 Å². The number of carbonyl (C=O) groups is 1. The molecular weight excluding hydrogens is 296 g/mol. The van der Waals surface area contributed by atoms with E-state index in [-0.39, 0.29) is 11.8 Å². The van der Waals surface area contributed by atoms with Crippen molar-refractivity contribution in [3.05, 3.63) is 28.7 Å². The molecule has 2 N–H and O–H groups in total. The minimum absolute atomic E-state index is 0.0527. The summed E-state index contributed by atoms with van der Waals surface area (Å²) in [5.41, 5.74) is 5.46. The van der Waals surface area contributed by atoms with E-state index in [1.54, 1.807) is 11.9 Å². The van der Waals surface area contributed by atoms with Gasteiger partial charge in [0, 0.05) is 24.0 Å². The summed E-state index contributed by atoms with van der Waals surface area (Å²) in [5.74, 6) is 0.713. The Bertz CT molecular complexity index is 381. The Morgan fingerprint density at radius 3 is 2.61 bits per heavy atom. The molecule has 4 nitrogen and oxygen atoms in total. The highest BCUT2D eigenvalue weighted by Gasteiger charge is 2.15. The average Bonchev–Trinajstić information content (AvgIpc) is 2.39. The van der Waals surface area contributed by atoms with Crippen molar-refractivity contribution in [3.63, 3.8) is 0 Å². The van der Waals surface area contributed by atoms with Crippen molar-refractivity contribution < 1.29 is 9.53 Å². The van der Waals surface area contributed by atoms with E-state index in [2.05, 4.69) is 15.9 Å². The van der Waals surface area contributed by atoms with Crippen LogP contribution in [-0.4, -0.2) is 37.6 Å². The van der Waals surface area contributed by atoms with Crippen LogP contribution in [0.25, 0.3) is 0 Å². The lowest BCUT2D eigenvalue weighted by molar-refractivity contribution is -0.133. The van der Waals surface area contributed by atoms with E-state index < -0.39 is 0 Å². The van der Waals surface area contributed by atoms with Gasteiger partial charge in [-0.25, -0.2) is 0 Å². The molecule has 100 valence electrons. The first-order chi connectivity index (χ1) is 8.54. The maximum Gasteiger partial charge on any atom is 0.226 e. The molecule has 5 heteroatoms. The fourth-order valence-corrected chi connectivity index (χ4v) is 1.68. The molecule has 1 atom stereocenters. The smallest absolute Gasteiger partial charge is 0.226 e. The predicted octanol–water partition coefficient (Wildman–Crippen LogP) is 1.88. The molecule has 0 fully saturated rings. The van der Waals surface area contributed by atoms with E-state index in [4.69, 9.17) is 10.5 Å². The largest absolute Gasteiger partial charge is 0.492 e. The highest BCUT2D eigenvalue weighted by Crippen LogP contribution is 2.15. The lowest BCUT2D eigenvalue weighted by atomic mass is 10.1. The molecule has 0 aliphatic heterocycles. The number of hydrogen-bond acceptors (Lipinski definition) is 3. The number of ether oxygens (including phenoxy) is 1. The maximum absolute atomic E-state index is 11.7. The number of nitrogens with zero attached hydrogens (tertiary/aromatic N) is 1. The van der Waals surface area contributed by atoms with Crippen molar-refractivity contribution in [2.75, 3.05) is 26.7 Å². The average molecular weight is 315 g/mol. The van der Waals surface area contributed by atoms with Gasteiger partial charge in [-0.15, -0.1) is 0 Å². The number of nitrogens with two attached hydrogens (primary N) is 1. The van der Waals surface area contributed by atoms with Gasteiger partial charge in [-0.3, -0.25) is 4.79 Å². The summed E-state index contributed by atoms with van der Waals surface area (Å²) in [6.45, 7) is 3.23. The highest BCUT2D eigenvalue weighted by atomic mass is 79.9. The fraction of sp³-hybridized carbons (Fsp3) is 0.462. The molecule has 0 aliphatic rings. The molecule has 0 saturated carbocycles. The first-order valence-electron chi connectivity index (χ1n) is 5.88. The molecule has 0 aromatic heterocycles. The number of carbonyl (C=O) groups excluding carboxylic acids is 1. The zero-order valence-electron chi connectivity index (χ0n) is 10.7. The van der Waals surface area contributed by atoms with Crippen molar-refractivity contribution >= 4 is 21.8 Å². The molecule has 0 heterocycles. The van der Waals surface area contributed by atoms with Crippen molar-refractivity contribution in [2.24, 2.45) is 11.7 Å². The summed E-state index contributed by atoms with van der Waals surface area (Å²) in [6, 6.07) is 7.60. The summed E-state index contributed by atoms with van der Waals surface area (Å²) in [7, 11) is 1.76. The van der Waals surface area contributed by atoms with E-state index in [1.165, 1.54) is 0 Å². The summed E-state index contributed by atoms with van der Waals surface area (Å²) in [6.07, 6.45) is 0. The summed E-state index contributed by atoms with van der Waals surface area (Å²) in [5, 5.41) is 0. The lowest BCUT2D eigenvalue weighted by Gasteiger charge is -2.20. The van der Waals surface area contributed by atoms with Gasteiger partial charge in [0.1, 0.15) is 12.4 Å². The Morgan fingerprint density at radius 1 is 1.44 bits per heavy atom. The molecule has 1 unspecified atom stereocenters. The first-order valence-corrected chi connectivity index (χ1v) is 6.67. The quantitative estimate of drug-likeness (QED) is 0.872. The van der Waals surface area contributed by atoms with E-state index in [0.29, 0.717) is 19.7 Å². The Hall–Kier alpha value is -1.07. The van der Waals surface area contributed by atoms with Crippen LogP contribution >= 0.6 is 15.9 Å². The first kappa shape index (κ1) is 15.0. The van der Waals surface area contributed by atoms with Crippen molar-refractivity contribution in [1.29, 1.82) is 0 Å². The molecule has 1 amide bonds. The molecule has 0 spiro atoms. The molecule has 1 aromatic carbocycles. The Kier molecular flexibility index (Phi) is 6.15. The lowest BCUT2D eigenvalue weighted by Crippen LogP contribution is -2.37. The third kappa shape index (κ3) is 4.66. The van der Waals surface area contributed by atoms with Crippen molar-refractivity contribution in [1.82, 2.24) is 4.90 Å². The van der Waals surface area contributed by atoms with E-state index >= 15 is 0 Å². The van der Waals surface area contributed by atoms with Gasteiger partial charge >= 0.3 is 0 Å². The predicted molar refractivity (Wildman–Crippen MR) is 75.5 cm³/mol. The molecule has 0 bridgehead atoms. The number of benzene rings is 1. The van der Waals surface area contributed by atoms with E-state index in [9.17, 15) is 4.79 Å². The zero-order chi connectivity index (χ0) is 13.5. The highest BCUT2D eigenvalue weighted by molar-refractivity contribution is 9.10. The second-order valence-corrected chi connectivity index (χ2v) is 5.11. The van der Waals surface area contributed by atoms with E-state index in [0.717, 1.165) is 10.2 Å².